The molecule has 0 radical (unpaired) electrons. The molecular formula is C22H31FN10O2. The van der Waals surface area contributed by atoms with Crippen LogP contribution in [-0.2, 0) is 9.53 Å². The minimum Gasteiger partial charge on any atom is -0.378 e. The number of morpholine rings is 1. The molecule has 2 saturated heterocycles. The molecule has 0 bridgehead atoms. The Morgan fingerprint density at radius 2 is 2.00 bits per heavy atom. The predicted molar refractivity (Wildman–Crippen MR) is 133 cm³/mol. The Morgan fingerprint density at radius 1 is 1.23 bits per heavy atom. The summed E-state index contributed by atoms with van der Waals surface area (Å²) in [5.41, 5.74) is 17.7. The number of hydrogen-bond acceptors (Lipinski definition) is 7. The SMILES string of the molecule is CN1CN=C(N=C(N=C(N)N)Nc2ccc(N3CCOCC3)cc2F)C=C1N1CCC[C@@H]1C(N)=O. The lowest BCUT2D eigenvalue weighted by Crippen LogP contribution is -2.44. The number of nitrogens with two attached hydrogens (primary N) is 3. The van der Waals surface area contributed by atoms with E-state index in [-0.39, 0.29) is 29.6 Å². The number of anilines is 2. The molecule has 0 aromatic heterocycles. The lowest BCUT2D eigenvalue weighted by atomic mass is 10.2. The van der Waals surface area contributed by atoms with Crippen LogP contribution in [0.2, 0.25) is 0 Å². The molecule has 0 aliphatic carbocycles. The zero-order chi connectivity index (χ0) is 24.9. The van der Waals surface area contributed by atoms with Gasteiger partial charge in [0.2, 0.25) is 11.9 Å². The number of nitrogens with one attached hydrogen (secondary N) is 1. The molecule has 1 aromatic carbocycles. The van der Waals surface area contributed by atoms with Crippen molar-refractivity contribution in [2.24, 2.45) is 32.2 Å². The second-order valence-electron chi connectivity index (χ2n) is 8.47. The Kier molecular flexibility index (Phi) is 7.34. The van der Waals surface area contributed by atoms with Gasteiger partial charge in [0.05, 0.1) is 18.9 Å². The fourth-order valence-corrected chi connectivity index (χ4v) is 4.28. The molecular weight excluding hydrogens is 455 g/mol. The van der Waals surface area contributed by atoms with Crippen LogP contribution in [0.5, 0.6) is 0 Å². The molecule has 1 atom stereocenters. The average molecular weight is 487 g/mol. The van der Waals surface area contributed by atoms with E-state index in [1.165, 1.54) is 6.07 Å². The Labute approximate surface area is 203 Å². The van der Waals surface area contributed by atoms with E-state index >= 15 is 0 Å². The molecule has 1 aromatic rings. The van der Waals surface area contributed by atoms with Crippen molar-refractivity contribution in [2.75, 3.05) is 56.8 Å². The summed E-state index contributed by atoms with van der Waals surface area (Å²) in [6, 6.07) is 4.48. The van der Waals surface area contributed by atoms with Crippen LogP contribution < -0.4 is 27.4 Å². The van der Waals surface area contributed by atoms with Gasteiger partial charge in [0, 0.05) is 38.4 Å². The quantitative estimate of drug-likeness (QED) is 0.336. The fraction of sp³-hybridized carbons (Fsp3) is 0.455. The van der Waals surface area contributed by atoms with Crippen molar-refractivity contribution < 1.29 is 13.9 Å². The zero-order valence-corrected chi connectivity index (χ0v) is 19.7. The molecule has 0 saturated carbocycles. The van der Waals surface area contributed by atoms with Gasteiger partial charge in [-0.05, 0) is 31.0 Å². The summed E-state index contributed by atoms with van der Waals surface area (Å²) in [5, 5.41) is 2.85. The Hall–Kier alpha value is -3.87. The molecule has 0 spiro atoms. The first kappa shape index (κ1) is 24.3. The largest absolute Gasteiger partial charge is 0.378 e. The molecule has 2 fully saturated rings. The summed E-state index contributed by atoms with van der Waals surface area (Å²) < 4.78 is 20.3. The van der Waals surface area contributed by atoms with Crippen LogP contribution >= 0.6 is 0 Å². The number of rotatable bonds is 4. The van der Waals surface area contributed by atoms with Crippen LogP contribution in [0.3, 0.4) is 0 Å². The van der Waals surface area contributed by atoms with Gasteiger partial charge in [-0.2, -0.15) is 9.98 Å². The summed E-state index contributed by atoms with van der Waals surface area (Å²) >= 11 is 0. The first-order valence-corrected chi connectivity index (χ1v) is 11.4. The third-order valence-electron chi connectivity index (χ3n) is 6.00. The number of halogens is 1. The maximum Gasteiger partial charge on any atom is 0.240 e. The number of aliphatic imine (C=N–C) groups is 3. The van der Waals surface area contributed by atoms with Crippen LogP contribution in [0.4, 0.5) is 15.8 Å². The molecule has 3 aliphatic heterocycles. The van der Waals surface area contributed by atoms with Gasteiger partial charge in [0.15, 0.2) is 11.8 Å². The van der Waals surface area contributed by atoms with E-state index in [4.69, 9.17) is 21.9 Å². The molecule has 0 unspecified atom stereocenters. The van der Waals surface area contributed by atoms with Crippen LogP contribution in [0.1, 0.15) is 12.8 Å². The average Bonchev–Trinajstić information content (AvgIpc) is 3.32. The molecule has 188 valence electrons. The van der Waals surface area contributed by atoms with Crippen molar-refractivity contribution in [3.63, 3.8) is 0 Å². The standard InChI is InChI=1S/C22H31FN10O2/c1-31-13-27-18(12-19(31)33-6-2-3-17(33)20(24)34)29-22(30-21(25)26)28-16-5-4-14(11-15(16)23)32-7-9-35-10-8-32/h4-5,11-12,17H,2-3,6-10,13H2,1H3,(H2,24,34)(H5,25,26,27,28,29,30)/t17-/m1/s1. The molecule has 3 heterocycles. The third-order valence-corrected chi connectivity index (χ3v) is 6.00. The van der Waals surface area contributed by atoms with Gasteiger partial charge in [-0.3, -0.25) is 4.79 Å². The van der Waals surface area contributed by atoms with Gasteiger partial charge in [0.1, 0.15) is 24.3 Å². The Morgan fingerprint density at radius 3 is 2.69 bits per heavy atom. The normalized spacial score (nSPS) is 20.9. The summed E-state index contributed by atoms with van der Waals surface area (Å²) in [5.74, 6) is -0.0164. The van der Waals surface area contributed by atoms with E-state index in [0.29, 0.717) is 51.8 Å². The van der Waals surface area contributed by atoms with E-state index in [0.717, 1.165) is 17.9 Å². The van der Waals surface area contributed by atoms with E-state index in [2.05, 4.69) is 25.2 Å². The number of amides is 1. The van der Waals surface area contributed by atoms with Crippen LogP contribution in [0.15, 0.2) is 45.1 Å². The number of carbonyl (C=O) groups is 1. The van der Waals surface area contributed by atoms with Gasteiger partial charge in [0.25, 0.3) is 0 Å². The Balaban J connectivity index is 1.57. The first-order valence-electron chi connectivity index (χ1n) is 11.4. The van der Waals surface area contributed by atoms with Crippen molar-refractivity contribution in [3.8, 4) is 0 Å². The summed E-state index contributed by atoms with van der Waals surface area (Å²) in [6.07, 6.45) is 3.28. The van der Waals surface area contributed by atoms with Gasteiger partial charge in [-0.1, -0.05) is 0 Å². The van der Waals surface area contributed by atoms with E-state index in [1.54, 1.807) is 12.1 Å². The number of likely N-dealkylation sites (tertiary alicyclic amines) is 1. The highest BCUT2D eigenvalue weighted by molar-refractivity contribution is 6.10. The van der Waals surface area contributed by atoms with E-state index in [9.17, 15) is 9.18 Å². The third kappa shape index (κ3) is 5.80. The van der Waals surface area contributed by atoms with Crippen LogP contribution in [0, 0.1) is 5.82 Å². The lowest BCUT2D eigenvalue weighted by molar-refractivity contribution is -0.122. The molecule has 1 amide bonds. The fourth-order valence-electron chi connectivity index (χ4n) is 4.28. The molecule has 13 heteroatoms. The van der Waals surface area contributed by atoms with Crippen molar-refractivity contribution in [2.45, 2.75) is 18.9 Å². The monoisotopic (exact) mass is 486 g/mol. The topological polar surface area (TPSA) is 163 Å². The highest BCUT2D eigenvalue weighted by Crippen LogP contribution is 2.26. The van der Waals surface area contributed by atoms with Crippen molar-refractivity contribution >= 4 is 35.0 Å². The van der Waals surface area contributed by atoms with E-state index < -0.39 is 5.82 Å². The number of nitrogens with zero attached hydrogens (tertiary/aromatic N) is 6. The van der Waals surface area contributed by atoms with Gasteiger partial charge in [-0.15, -0.1) is 0 Å². The maximum absolute atomic E-state index is 14.9. The predicted octanol–water partition coefficient (Wildman–Crippen LogP) is -0.204. The van der Waals surface area contributed by atoms with Gasteiger partial charge < -0.3 is 42.0 Å². The maximum atomic E-state index is 14.9. The van der Waals surface area contributed by atoms with E-state index in [1.807, 2.05) is 22.9 Å². The van der Waals surface area contributed by atoms with Crippen LogP contribution in [0.25, 0.3) is 0 Å². The van der Waals surface area contributed by atoms with Crippen molar-refractivity contribution in [3.05, 3.63) is 35.9 Å². The van der Waals surface area contributed by atoms with Gasteiger partial charge in [-0.25, -0.2) is 9.38 Å². The van der Waals surface area contributed by atoms with Crippen molar-refractivity contribution in [1.29, 1.82) is 0 Å². The highest BCUT2D eigenvalue weighted by atomic mass is 19.1. The number of benzene rings is 1. The second-order valence-corrected chi connectivity index (χ2v) is 8.47. The smallest absolute Gasteiger partial charge is 0.240 e. The molecule has 3 aliphatic rings. The summed E-state index contributed by atoms with van der Waals surface area (Å²) in [6.45, 7) is 3.61. The number of hydrogen-bond donors (Lipinski definition) is 4. The van der Waals surface area contributed by atoms with Gasteiger partial charge >= 0.3 is 0 Å². The van der Waals surface area contributed by atoms with Crippen LogP contribution in [-0.4, -0.2) is 86.1 Å². The number of guanidine groups is 2. The minimum absolute atomic E-state index is 0.0187. The number of carbonyl (C=O) groups excluding carboxylic acids is 1. The Bertz CT molecular complexity index is 1080. The lowest BCUT2D eigenvalue weighted by Gasteiger charge is -2.34. The number of ether oxygens (including phenoxy) is 1. The minimum atomic E-state index is -0.476. The molecule has 12 nitrogen and oxygen atoms in total. The van der Waals surface area contributed by atoms with Crippen molar-refractivity contribution in [1.82, 2.24) is 9.80 Å². The second kappa shape index (κ2) is 10.6. The summed E-state index contributed by atoms with van der Waals surface area (Å²) in [4.78, 5) is 30.6. The zero-order valence-electron chi connectivity index (χ0n) is 19.7. The number of amidine groups is 1. The molecule has 4 rings (SSSR count). The summed E-state index contributed by atoms with van der Waals surface area (Å²) in [7, 11) is 1.87. The number of primary amides is 1. The molecule has 7 N–H and O–H groups in total. The molecule has 35 heavy (non-hydrogen) atoms. The first-order chi connectivity index (χ1) is 16.8. The highest BCUT2D eigenvalue weighted by Gasteiger charge is 2.33.